The summed E-state index contributed by atoms with van der Waals surface area (Å²) in [5.74, 6) is 0.322. The lowest BCUT2D eigenvalue weighted by atomic mass is 10.3. The number of alkyl halides is 1. The van der Waals surface area contributed by atoms with Crippen molar-refractivity contribution < 1.29 is 8.42 Å². The molecule has 0 aliphatic rings. The van der Waals surface area contributed by atoms with Crippen molar-refractivity contribution in [3.63, 3.8) is 0 Å². The van der Waals surface area contributed by atoms with E-state index in [0.717, 1.165) is 5.69 Å². The maximum absolute atomic E-state index is 12.5. The quantitative estimate of drug-likeness (QED) is 0.761. The molecule has 2 rings (SSSR count). The van der Waals surface area contributed by atoms with Crippen molar-refractivity contribution in [2.24, 2.45) is 0 Å². The zero-order valence-corrected chi connectivity index (χ0v) is 13.4. The van der Waals surface area contributed by atoms with Gasteiger partial charge in [0.25, 0.3) is 0 Å². The largest absolute Gasteiger partial charge is 0.241 e. The van der Waals surface area contributed by atoms with Crippen molar-refractivity contribution in [2.45, 2.75) is 13.3 Å². The molecule has 0 N–H and O–H groups in total. The van der Waals surface area contributed by atoms with Crippen LogP contribution in [0.1, 0.15) is 12.1 Å². The number of thiazole rings is 1. The van der Waals surface area contributed by atoms with Crippen molar-refractivity contribution in [1.29, 1.82) is 0 Å². The second kappa shape index (κ2) is 6.56. The molecule has 1 aromatic heterocycles. The van der Waals surface area contributed by atoms with E-state index in [0.29, 0.717) is 23.1 Å². The fraction of sp³-hybridized carbons (Fsp3) is 0.308. The molecule has 0 radical (unpaired) electrons. The van der Waals surface area contributed by atoms with Gasteiger partial charge in [-0.05, 0) is 25.5 Å². The summed E-state index contributed by atoms with van der Waals surface area (Å²) in [6, 6.07) is 8.98. The summed E-state index contributed by atoms with van der Waals surface area (Å²) < 4.78 is 26.4. The topological polar surface area (TPSA) is 50.3 Å². The Hall–Kier alpha value is -1.11. The fourth-order valence-corrected chi connectivity index (χ4v) is 4.62. The second-order valence-electron chi connectivity index (χ2n) is 4.23. The maximum atomic E-state index is 12.5. The number of nitrogens with zero attached hydrogens (tertiary/aromatic N) is 2. The van der Waals surface area contributed by atoms with E-state index in [9.17, 15) is 8.42 Å². The first-order valence-corrected chi connectivity index (χ1v) is 9.13. The lowest BCUT2D eigenvalue weighted by Gasteiger charge is -2.21. The molecule has 0 amide bonds. The third-order valence-corrected chi connectivity index (χ3v) is 5.66. The van der Waals surface area contributed by atoms with Gasteiger partial charge in [0, 0.05) is 11.3 Å². The SMILES string of the molecule is Cc1csc(N(c2ccccc2)S(=O)(=O)CCCCl)n1. The number of anilines is 2. The van der Waals surface area contributed by atoms with Crippen LogP contribution in [0.25, 0.3) is 0 Å². The van der Waals surface area contributed by atoms with Gasteiger partial charge in [-0.25, -0.2) is 17.7 Å². The summed E-state index contributed by atoms with van der Waals surface area (Å²) in [6.45, 7) is 1.84. The highest BCUT2D eigenvalue weighted by Crippen LogP contribution is 2.31. The van der Waals surface area contributed by atoms with Crippen LogP contribution in [0.3, 0.4) is 0 Å². The van der Waals surface area contributed by atoms with E-state index in [1.807, 2.05) is 18.4 Å². The highest BCUT2D eigenvalue weighted by atomic mass is 35.5. The van der Waals surface area contributed by atoms with E-state index >= 15 is 0 Å². The Labute approximate surface area is 128 Å². The average molecular weight is 331 g/mol. The smallest absolute Gasteiger partial charge is 0.224 e. The van der Waals surface area contributed by atoms with Crippen LogP contribution in [0.5, 0.6) is 0 Å². The highest BCUT2D eigenvalue weighted by molar-refractivity contribution is 7.93. The van der Waals surface area contributed by atoms with Crippen LogP contribution in [0.4, 0.5) is 10.8 Å². The number of sulfonamides is 1. The Kier molecular flexibility index (Phi) is 5.01. The van der Waals surface area contributed by atoms with Gasteiger partial charge in [-0.1, -0.05) is 18.2 Å². The minimum Gasteiger partial charge on any atom is -0.224 e. The van der Waals surface area contributed by atoms with Gasteiger partial charge >= 0.3 is 0 Å². The number of halogens is 1. The van der Waals surface area contributed by atoms with Gasteiger partial charge in [-0.3, -0.25) is 0 Å². The van der Waals surface area contributed by atoms with E-state index in [2.05, 4.69) is 4.98 Å². The molecule has 0 aliphatic heterocycles. The number of rotatable bonds is 6. The molecule has 1 heterocycles. The first kappa shape index (κ1) is 15.3. The number of hydrogen-bond acceptors (Lipinski definition) is 4. The van der Waals surface area contributed by atoms with Crippen molar-refractivity contribution in [3.8, 4) is 0 Å². The molecular formula is C13H15ClN2O2S2. The summed E-state index contributed by atoms with van der Waals surface area (Å²) in [6.07, 6.45) is 0.414. The van der Waals surface area contributed by atoms with Gasteiger partial charge in [-0.2, -0.15) is 0 Å². The van der Waals surface area contributed by atoms with Crippen LogP contribution in [-0.4, -0.2) is 25.0 Å². The lowest BCUT2D eigenvalue weighted by molar-refractivity contribution is 0.595. The zero-order chi connectivity index (χ0) is 14.6. The third-order valence-electron chi connectivity index (χ3n) is 2.59. The highest BCUT2D eigenvalue weighted by Gasteiger charge is 2.26. The molecule has 0 bridgehead atoms. The van der Waals surface area contributed by atoms with Gasteiger partial charge in [0.1, 0.15) is 0 Å². The minimum atomic E-state index is -3.48. The predicted molar refractivity (Wildman–Crippen MR) is 84.6 cm³/mol. The molecule has 2 aromatic rings. The standard InChI is InChI=1S/C13H15ClN2O2S2/c1-11-10-19-13(15-11)16(12-6-3-2-4-7-12)20(17,18)9-5-8-14/h2-4,6-7,10H,5,8-9H2,1H3. The summed E-state index contributed by atoms with van der Waals surface area (Å²) >= 11 is 6.93. The van der Waals surface area contributed by atoms with Crippen molar-refractivity contribution >= 4 is 43.8 Å². The number of aromatic nitrogens is 1. The number of para-hydroxylation sites is 1. The van der Waals surface area contributed by atoms with Crippen LogP contribution < -0.4 is 4.31 Å². The summed E-state index contributed by atoms with van der Waals surface area (Å²) in [7, 11) is -3.48. The lowest BCUT2D eigenvalue weighted by Crippen LogP contribution is -2.28. The molecule has 0 unspecified atom stereocenters. The molecule has 1 aromatic carbocycles. The van der Waals surface area contributed by atoms with Crippen LogP contribution in [0.15, 0.2) is 35.7 Å². The fourth-order valence-electron chi connectivity index (χ4n) is 1.72. The molecule has 4 nitrogen and oxygen atoms in total. The van der Waals surface area contributed by atoms with Gasteiger partial charge < -0.3 is 0 Å². The Balaban J connectivity index is 2.45. The molecule has 0 saturated carbocycles. The first-order valence-electron chi connectivity index (χ1n) is 6.11. The summed E-state index contributed by atoms with van der Waals surface area (Å²) in [5.41, 5.74) is 1.40. The Morgan fingerprint density at radius 1 is 1.30 bits per heavy atom. The van der Waals surface area contributed by atoms with Crippen LogP contribution in [0, 0.1) is 6.92 Å². The molecule has 0 saturated heterocycles. The molecule has 20 heavy (non-hydrogen) atoms. The Morgan fingerprint density at radius 2 is 2.00 bits per heavy atom. The zero-order valence-electron chi connectivity index (χ0n) is 11.0. The van der Waals surface area contributed by atoms with Gasteiger partial charge in [0.2, 0.25) is 15.2 Å². The molecular weight excluding hydrogens is 316 g/mol. The third kappa shape index (κ3) is 3.50. The van der Waals surface area contributed by atoms with Gasteiger partial charge in [0.05, 0.1) is 17.1 Å². The number of benzene rings is 1. The Bertz CT molecular complexity index is 656. The van der Waals surface area contributed by atoms with Gasteiger partial charge in [0.15, 0.2) is 0 Å². The average Bonchev–Trinajstić information content (AvgIpc) is 2.84. The maximum Gasteiger partial charge on any atom is 0.241 e. The summed E-state index contributed by atoms with van der Waals surface area (Å²) in [5, 5.41) is 2.30. The molecule has 0 spiro atoms. The second-order valence-corrected chi connectivity index (χ2v) is 7.38. The Morgan fingerprint density at radius 3 is 2.55 bits per heavy atom. The van der Waals surface area contributed by atoms with E-state index < -0.39 is 10.0 Å². The van der Waals surface area contributed by atoms with Crippen LogP contribution in [0.2, 0.25) is 0 Å². The van der Waals surface area contributed by atoms with E-state index in [-0.39, 0.29) is 5.75 Å². The van der Waals surface area contributed by atoms with E-state index in [1.54, 1.807) is 24.3 Å². The molecule has 108 valence electrons. The van der Waals surface area contributed by atoms with Crippen molar-refractivity contribution in [3.05, 3.63) is 41.4 Å². The van der Waals surface area contributed by atoms with Crippen LogP contribution in [-0.2, 0) is 10.0 Å². The van der Waals surface area contributed by atoms with E-state index in [4.69, 9.17) is 11.6 Å². The van der Waals surface area contributed by atoms with Gasteiger partial charge in [-0.15, -0.1) is 22.9 Å². The molecule has 0 fully saturated rings. The molecule has 0 aliphatic carbocycles. The van der Waals surface area contributed by atoms with Crippen molar-refractivity contribution in [1.82, 2.24) is 4.98 Å². The van der Waals surface area contributed by atoms with Crippen molar-refractivity contribution in [2.75, 3.05) is 15.9 Å². The summed E-state index contributed by atoms with van der Waals surface area (Å²) in [4.78, 5) is 4.29. The minimum absolute atomic E-state index is 0.00399. The van der Waals surface area contributed by atoms with Crippen LogP contribution >= 0.6 is 22.9 Å². The normalized spacial score (nSPS) is 11.5. The number of aryl methyl sites for hydroxylation is 1. The monoisotopic (exact) mass is 330 g/mol. The number of hydrogen-bond donors (Lipinski definition) is 0. The predicted octanol–water partition coefficient (Wildman–Crippen LogP) is 3.55. The van der Waals surface area contributed by atoms with E-state index in [1.165, 1.54) is 15.6 Å². The first-order chi connectivity index (χ1) is 9.54. The molecule has 0 atom stereocenters. The molecule has 7 heteroatoms.